The van der Waals surface area contributed by atoms with E-state index in [1.54, 1.807) is 12.1 Å². The molecule has 0 aromatic heterocycles. The molecule has 0 spiro atoms. The van der Waals surface area contributed by atoms with Crippen LogP contribution in [0.5, 0.6) is 5.75 Å². The van der Waals surface area contributed by atoms with Crippen molar-refractivity contribution >= 4 is 23.4 Å². The van der Waals surface area contributed by atoms with E-state index < -0.39 is 7.12 Å². The normalized spacial score (nSPS) is 10.8. The number of methoxy groups -OCH3 is 1. The van der Waals surface area contributed by atoms with E-state index in [4.69, 9.17) is 9.47 Å². The largest absolute Gasteiger partial charge is 0.489 e. The van der Waals surface area contributed by atoms with Gasteiger partial charge in [0.15, 0.2) is 6.79 Å². The summed E-state index contributed by atoms with van der Waals surface area (Å²) in [6, 6.07) is 6.17. The second-order valence-corrected chi connectivity index (χ2v) is 4.41. The lowest BCUT2D eigenvalue weighted by Gasteiger charge is -2.14. The zero-order valence-electron chi connectivity index (χ0n) is 11.4. The van der Waals surface area contributed by atoms with Crippen LogP contribution in [0.3, 0.4) is 0 Å². The van der Waals surface area contributed by atoms with Crippen molar-refractivity contribution in [2.24, 2.45) is 0 Å². The highest BCUT2D eigenvalue weighted by Gasteiger charge is 2.20. The van der Waals surface area contributed by atoms with E-state index in [0.29, 0.717) is 28.5 Å². The minimum atomic E-state index is -1.70. The third-order valence-corrected chi connectivity index (χ3v) is 3.15. The van der Waals surface area contributed by atoms with E-state index in [9.17, 15) is 14.4 Å². The quantitative estimate of drug-likeness (QED) is 0.637. The van der Waals surface area contributed by atoms with Gasteiger partial charge in [0.1, 0.15) is 11.6 Å². The summed E-state index contributed by atoms with van der Waals surface area (Å²) in [7, 11) is -0.205. The third kappa shape index (κ3) is 2.77. The molecule has 106 valence electrons. The Kier molecular flexibility index (Phi) is 4.59. The minimum Gasteiger partial charge on any atom is -0.468 e. The summed E-state index contributed by atoms with van der Waals surface area (Å²) in [5, 5.41) is 20.3. The van der Waals surface area contributed by atoms with Crippen LogP contribution < -0.4 is 10.2 Å². The highest BCUT2D eigenvalue weighted by Crippen LogP contribution is 2.25. The van der Waals surface area contributed by atoms with Crippen LogP contribution in [-0.2, 0) is 11.2 Å². The monoisotopic (exact) mass is 278 g/mol. The fraction of sp³-hybridized carbons (Fsp3) is 0.286. The Hall–Kier alpha value is -1.63. The van der Waals surface area contributed by atoms with Gasteiger partial charge in [0, 0.05) is 7.11 Å². The highest BCUT2D eigenvalue weighted by molar-refractivity contribution is 6.62. The van der Waals surface area contributed by atoms with Gasteiger partial charge in [0.25, 0.3) is 0 Å². The van der Waals surface area contributed by atoms with Crippen molar-refractivity contribution in [3.8, 4) is 5.75 Å². The number of hydrogen-bond acceptors (Lipinski definition) is 4. The lowest BCUT2D eigenvalue weighted by Crippen LogP contribution is -2.31. The number of hydrogen-bond donors (Lipinski definition) is 2. The molecule has 0 heterocycles. The zero-order valence-corrected chi connectivity index (χ0v) is 11.4. The van der Waals surface area contributed by atoms with Crippen LogP contribution in [-0.4, -0.2) is 31.1 Å². The number of ether oxygens (including phenoxy) is 2. The number of halogens is 1. The van der Waals surface area contributed by atoms with Gasteiger partial charge in [0.2, 0.25) is 0 Å². The van der Waals surface area contributed by atoms with Gasteiger partial charge in [-0.15, -0.1) is 0 Å². The fourth-order valence-electron chi connectivity index (χ4n) is 2.28. The molecule has 2 aromatic rings. The van der Waals surface area contributed by atoms with Gasteiger partial charge in [0.05, 0.1) is 0 Å². The number of rotatable bonds is 5. The second-order valence-electron chi connectivity index (χ2n) is 4.41. The molecule has 0 unspecified atom stereocenters. The summed E-state index contributed by atoms with van der Waals surface area (Å²) in [6.45, 7) is 1.87. The first kappa shape index (κ1) is 14.8. The van der Waals surface area contributed by atoms with E-state index >= 15 is 0 Å². The van der Waals surface area contributed by atoms with Crippen molar-refractivity contribution in [1.29, 1.82) is 0 Å². The van der Waals surface area contributed by atoms with Crippen LogP contribution in [0.25, 0.3) is 10.8 Å². The smallest absolute Gasteiger partial charge is 0.468 e. The topological polar surface area (TPSA) is 58.9 Å². The lowest BCUT2D eigenvalue weighted by molar-refractivity contribution is 0.0513. The Bertz CT molecular complexity index is 616. The SMILES string of the molecule is CCc1c(F)ccc2cc(OCOC)cc(B(O)O)c12. The molecule has 0 aliphatic carbocycles. The molecule has 0 saturated heterocycles. The lowest BCUT2D eigenvalue weighted by atomic mass is 9.75. The van der Waals surface area contributed by atoms with Crippen molar-refractivity contribution in [2.45, 2.75) is 13.3 Å². The summed E-state index contributed by atoms with van der Waals surface area (Å²) >= 11 is 0. The molecule has 0 atom stereocenters. The Morgan fingerprint density at radius 1 is 1.25 bits per heavy atom. The predicted molar refractivity (Wildman–Crippen MR) is 75.6 cm³/mol. The maximum absolute atomic E-state index is 13.9. The number of fused-ring (bicyclic) bond motifs is 1. The molecule has 20 heavy (non-hydrogen) atoms. The Morgan fingerprint density at radius 3 is 2.60 bits per heavy atom. The molecular weight excluding hydrogens is 262 g/mol. The molecule has 0 amide bonds. The molecule has 0 aliphatic heterocycles. The van der Waals surface area contributed by atoms with Crippen molar-refractivity contribution in [2.75, 3.05) is 13.9 Å². The van der Waals surface area contributed by atoms with Gasteiger partial charge in [-0.1, -0.05) is 13.0 Å². The van der Waals surface area contributed by atoms with Crippen LogP contribution in [0.1, 0.15) is 12.5 Å². The third-order valence-electron chi connectivity index (χ3n) is 3.15. The molecule has 2 aromatic carbocycles. The minimum absolute atomic E-state index is 0.0499. The van der Waals surface area contributed by atoms with Crippen molar-refractivity contribution in [1.82, 2.24) is 0 Å². The average Bonchev–Trinajstić information content (AvgIpc) is 2.44. The van der Waals surface area contributed by atoms with Gasteiger partial charge in [-0.05, 0) is 46.4 Å². The average molecular weight is 278 g/mol. The van der Waals surface area contributed by atoms with Crippen LogP contribution in [0.15, 0.2) is 24.3 Å². The summed E-state index contributed by atoms with van der Waals surface area (Å²) in [4.78, 5) is 0. The summed E-state index contributed by atoms with van der Waals surface area (Å²) in [6.07, 6.45) is 0.459. The molecular formula is C14H16BFO4. The zero-order chi connectivity index (χ0) is 14.7. The molecule has 0 bridgehead atoms. The molecule has 4 nitrogen and oxygen atoms in total. The van der Waals surface area contributed by atoms with E-state index in [1.165, 1.54) is 19.2 Å². The fourth-order valence-corrected chi connectivity index (χ4v) is 2.28. The van der Waals surface area contributed by atoms with Gasteiger partial charge in [-0.2, -0.15) is 0 Å². The molecule has 6 heteroatoms. The van der Waals surface area contributed by atoms with Crippen LogP contribution in [0.2, 0.25) is 0 Å². The molecule has 2 rings (SSSR count). The van der Waals surface area contributed by atoms with E-state index in [1.807, 2.05) is 6.92 Å². The summed E-state index contributed by atoms with van der Waals surface area (Å²) in [5.41, 5.74) is 0.689. The first-order valence-corrected chi connectivity index (χ1v) is 6.31. The van der Waals surface area contributed by atoms with Crippen molar-refractivity contribution < 1.29 is 23.9 Å². The molecule has 0 fully saturated rings. The van der Waals surface area contributed by atoms with Gasteiger partial charge >= 0.3 is 7.12 Å². The molecule has 0 radical (unpaired) electrons. The van der Waals surface area contributed by atoms with E-state index in [-0.39, 0.29) is 18.1 Å². The Balaban J connectivity index is 2.68. The first-order chi connectivity index (χ1) is 9.58. The maximum atomic E-state index is 13.9. The number of benzene rings is 2. The Morgan fingerprint density at radius 2 is 2.00 bits per heavy atom. The van der Waals surface area contributed by atoms with Crippen LogP contribution in [0, 0.1) is 5.82 Å². The van der Waals surface area contributed by atoms with E-state index in [0.717, 1.165) is 0 Å². The first-order valence-electron chi connectivity index (χ1n) is 6.31. The van der Waals surface area contributed by atoms with Crippen molar-refractivity contribution in [3.63, 3.8) is 0 Å². The number of aryl methyl sites for hydroxylation is 1. The van der Waals surface area contributed by atoms with E-state index in [2.05, 4.69) is 0 Å². The summed E-state index contributed by atoms with van der Waals surface area (Å²) in [5.74, 6) is 0.0866. The molecule has 0 saturated carbocycles. The molecule has 2 N–H and O–H groups in total. The predicted octanol–water partition coefficient (Wildman–Crippen LogP) is 1.20. The van der Waals surface area contributed by atoms with Gasteiger partial charge < -0.3 is 19.5 Å². The van der Waals surface area contributed by atoms with Gasteiger partial charge in [-0.3, -0.25) is 0 Å². The van der Waals surface area contributed by atoms with Crippen LogP contribution >= 0.6 is 0 Å². The highest BCUT2D eigenvalue weighted by atomic mass is 19.1. The standard InChI is InChI=1S/C14H16BFO4/c1-3-11-13(16)5-4-9-6-10(20-8-19-2)7-12(14(9)11)15(17)18/h4-7,17-18H,3,8H2,1-2H3. The molecule has 0 aliphatic rings. The summed E-state index contributed by atoms with van der Waals surface area (Å²) < 4.78 is 24.0. The second kappa shape index (κ2) is 6.22. The van der Waals surface area contributed by atoms with Gasteiger partial charge in [-0.25, -0.2) is 4.39 Å². The van der Waals surface area contributed by atoms with Crippen molar-refractivity contribution in [3.05, 3.63) is 35.6 Å². The maximum Gasteiger partial charge on any atom is 0.489 e. The Labute approximate surface area is 116 Å². The van der Waals surface area contributed by atoms with Crippen LogP contribution in [0.4, 0.5) is 4.39 Å².